The van der Waals surface area contributed by atoms with Crippen LogP contribution in [-0.2, 0) is 97.5 Å². The van der Waals surface area contributed by atoms with Gasteiger partial charge in [-0.15, -0.1) is 0 Å². The van der Waals surface area contributed by atoms with E-state index in [0.29, 0.717) is 182 Å². The van der Waals surface area contributed by atoms with E-state index in [-0.39, 0.29) is 68.1 Å². The topological polar surface area (TPSA) is 462 Å². The fraction of sp³-hybridized carbons (Fsp3) is 0.598. The highest BCUT2D eigenvalue weighted by molar-refractivity contribution is 6.39. The van der Waals surface area contributed by atoms with Gasteiger partial charge in [0.25, 0.3) is 17.7 Å². The van der Waals surface area contributed by atoms with Crippen LogP contribution < -0.4 is 27.4 Å². The van der Waals surface area contributed by atoms with Gasteiger partial charge in [-0.05, 0) is 142 Å². The first kappa shape index (κ1) is 96.2. The normalized spacial score (nSPS) is 27.2. The minimum absolute atomic E-state index is 0.00274. The first-order valence-corrected chi connectivity index (χ1v) is 44.6. The Morgan fingerprint density at radius 2 is 1.48 bits per heavy atom. The number of piperidine rings is 1. The van der Waals surface area contributed by atoms with Crippen molar-refractivity contribution >= 4 is 81.1 Å². The number of esters is 1. The number of aliphatic hydroxyl groups excluding tert-OH is 2. The highest BCUT2D eigenvalue weighted by Crippen LogP contribution is 2.39. The molecule has 6 aromatic rings. The number of hydrogen-bond donors (Lipinski definition) is 7. The van der Waals surface area contributed by atoms with Crippen molar-refractivity contribution in [1.29, 1.82) is 0 Å². The number of nitrogens with one attached hydrogen (secondary N) is 1. The number of aromatic nitrogens is 7. The molecule has 1 aliphatic carbocycles. The molecule has 5 aliphatic heterocycles. The third kappa shape index (κ3) is 25.6. The van der Waals surface area contributed by atoms with Crippen LogP contribution in [0.25, 0.3) is 33.4 Å². The lowest BCUT2D eigenvalue weighted by molar-refractivity contribution is -0.265. The minimum atomic E-state index is -2.51. The van der Waals surface area contributed by atoms with Gasteiger partial charge in [-0.1, -0.05) is 82.4 Å². The lowest BCUT2D eigenvalue weighted by Crippen LogP contribution is -2.61. The molecule has 3 amide bonds. The number of carbonyl (C=O) groups is 7. The first-order chi connectivity index (χ1) is 61.1. The molecule has 0 radical (unpaired) electrons. The molecular formula is C92H127N15O20. The molecule has 35 nitrogen and oxygen atoms in total. The highest BCUT2D eigenvalue weighted by atomic mass is 16.6. The van der Waals surface area contributed by atoms with E-state index in [2.05, 4.69) is 58.2 Å². The number of aliphatic hydroxyl groups is 3. The van der Waals surface area contributed by atoms with Gasteiger partial charge in [0.2, 0.25) is 17.6 Å². The summed E-state index contributed by atoms with van der Waals surface area (Å²) in [6.07, 6.45) is 12.5. The average Bonchev–Trinajstić information content (AvgIpc) is 1.68. The number of ketones is 3. The van der Waals surface area contributed by atoms with E-state index in [4.69, 9.17) is 69.3 Å². The van der Waals surface area contributed by atoms with Crippen LogP contribution in [0.1, 0.15) is 147 Å². The minimum Gasteiger partial charge on any atom is -0.459 e. The predicted molar refractivity (Wildman–Crippen MR) is 471 cm³/mol. The van der Waals surface area contributed by atoms with Crippen molar-refractivity contribution < 1.29 is 95.9 Å². The summed E-state index contributed by atoms with van der Waals surface area (Å²) in [6.45, 7) is 19.0. The number of hydrogen-bond acceptors (Lipinski definition) is 31. The Balaban J connectivity index is 0.528. The molecule has 0 unspecified atom stereocenters. The number of alkyl carbamates (subject to hydrolysis) is 1. The Morgan fingerprint density at radius 3 is 2.22 bits per heavy atom. The van der Waals surface area contributed by atoms with Crippen molar-refractivity contribution in [2.24, 2.45) is 35.3 Å². The molecule has 15 atom stereocenters. The SMILES string of the molecule is CO[C@H]1C[C@@H]2CC[C@@H](C)[C@@](O)(O2)C(=O)C(=O)N2CCCC[C@H]2C(=O)O[C@H]([C@H](N)C[C@@H]2CC[C@@H](OC(=O)NCc3cnc(N4CCN(CCOCCOCCOCCOCCC(=O)N5CCc6cc(Cn7nc(-c8ccc9oc(N)nc9c8)c8c(N)ncnc87)ccc6C5)CC4)nc3)[C@H](OC)C2)CC(=O)[C@H](C)/C=C(\C)[C@@H](O)[C@@H](O)C(=O)[C@H](C)C[C@H](C)/C=C/C=CC=C1C. The van der Waals surface area contributed by atoms with E-state index in [0.717, 1.165) is 53.2 Å². The summed E-state index contributed by atoms with van der Waals surface area (Å²) in [5, 5.41) is 43.1. The van der Waals surface area contributed by atoms with E-state index < -0.39 is 120 Å². The zero-order chi connectivity index (χ0) is 90.4. The maximum atomic E-state index is 14.7. The third-order valence-electron chi connectivity index (χ3n) is 25.3. The summed E-state index contributed by atoms with van der Waals surface area (Å²) in [5.41, 5.74) is 27.4. The maximum absolute atomic E-state index is 14.7. The molecule has 127 heavy (non-hydrogen) atoms. The van der Waals surface area contributed by atoms with Gasteiger partial charge < -0.3 is 99.6 Å². The molecular weight excluding hydrogens is 1640 g/mol. The Bertz CT molecular complexity index is 4860. The number of ether oxygens (including phenoxy) is 9. The Hall–Kier alpha value is -9.89. The zero-order valence-corrected chi connectivity index (χ0v) is 74.3. The summed E-state index contributed by atoms with van der Waals surface area (Å²) < 4.78 is 60.6. The number of methoxy groups -OCH3 is 2. The van der Waals surface area contributed by atoms with Crippen LogP contribution in [0.4, 0.5) is 22.6 Å². The van der Waals surface area contributed by atoms with E-state index >= 15 is 0 Å². The van der Waals surface area contributed by atoms with E-state index in [9.17, 15) is 48.9 Å². The number of nitrogens with zero attached hydrogens (tertiary/aromatic N) is 11. The number of benzene rings is 2. The van der Waals surface area contributed by atoms with Gasteiger partial charge in [0.1, 0.15) is 59.6 Å². The second-order valence-corrected chi connectivity index (χ2v) is 34.6. The van der Waals surface area contributed by atoms with Crippen molar-refractivity contribution in [3.8, 4) is 11.3 Å². The molecule has 6 aliphatic rings. The van der Waals surface area contributed by atoms with Crippen LogP contribution in [0.2, 0.25) is 0 Å². The van der Waals surface area contributed by atoms with Gasteiger partial charge in [0.05, 0.1) is 89.5 Å². The number of cyclic esters (lactones) is 1. The second-order valence-electron chi connectivity index (χ2n) is 34.6. The Labute approximate surface area is 740 Å². The molecule has 0 spiro atoms. The molecule has 3 saturated heterocycles. The van der Waals surface area contributed by atoms with Crippen LogP contribution in [0.5, 0.6) is 0 Å². The fourth-order valence-electron chi connectivity index (χ4n) is 17.7. The molecule has 4 aromatic heterocycles. The fourth-order valence-corrected chi connectivity index (χ4v) is 17.7. The predicted octanol–water partition coefficient (Wildman–Crippen LogP) is 7.27. The van der Waals surface area contributed by atoms with Crippen molar-refractivity contribution in [3.63, 3.8) is 0 Å². The number of oxazole rings is 1. The van der Waals surface area contributed by atoms with Crippen LogP contribution in [0, 0.1) is 29.6 Å². The monoisotopic (exact) mass is 1760 g/mol. The van der Waals surface area contributed by atoms with Gasteiger partial charge in [-0.2, -0.15) is 10.1 Å². The van der Waals surface area contributed by atoms with Gasteiger partial charge in [-0.3, -0.25) is 28.9 Å². The number of rotatable bonds is 27. The summed E-state index contributed by atoms with van der Waals surface area (Å²) in [5.74, 6) is -8.37. The lowest BCUT2D eigenvalue weighted by Gasteiger charge is -2.42. The molecule has 2 aromatic carbocycles. The molecule has 1 saturated carbocycles. The van der Waals surface area contributed by atoms with E-state index in [1.54, 1.807) is 46.3 Å². The molecule has 12 rings (SSSR count). The van der Waals surface area contributed by atoms with Crippen LogP contribution >= 0.6 is 0 Å². The van der Waals surface area contributed by atoms with E-state index in [1.165, 1.54) is 32.0 Å². The van der Waals surface area contributed by atoms with Crippen LogP contribution in [0.3, 0.4) is 0 Å². The number of Topliss-reactive ketones (excluding diaryl/α,β-unsaturated/α-hetero) is 3. The zero-order valence-electron chi connectivity index (χ0n) is 74.3. The van der Waals surface area contributed by atoms with Crippen molar-refractivity contribution in [3.05, 3.63) is 125 Å². The number of piperazine rings is 1. The summed E-state index contributed by atoms with van der Waals surface area (Å²) in [4.78, 5) is 128. The van der Waals surface area contributed by atoms with E-state index in [1.807, 2.05) is 65.9 Å². The Kier molecular flexibility index (Phi) is 34.8. The largest absolute Gasteiger partial charge is 0.459 e. The van der Waals surface area contributed by atoms with Crippen LogP contribution in [0.15, 0.2) is 107 Å². The second kappa shape index (κ2) is 45.9. The molecule has 690 valence electrons. The van der Waals surface area contributed by atoms with Gasteiger partial charge >= 0.3 is 12.1 Å². The number of anilines is 3. The number of fused-ring (bicyclic) bond motifs is 6. The van der Waals surface area contributed by atoms with Crippen LogP contribution in [-0.4, -0.2) is 279 Å². The van der Waals surface area contributed by atoms with Gasteiger partial charge in [0, 0.05) is 133 Å². The number of carbonyl (C=O) groups excluding carboxylic acids is 7. The number of amides is 3. The molecule has 9 heterocycles. The summed E-state index contributed by atoms with van der Waals surface area (Å²) in [7, 11) is 3.07. The first-order valence-electron chi connectivity index (χ1n) is 44.6. The number of nitrogens with two attached hydrogens (primary N) is 3. The van der Waals surface area contributed by atoms with Crippen molar-refractivity contribution in [2.45, 2.75) is 212 Å². The lowest BCUT2D eigenvalue weighted by atomic mass is 9.80. The van der Waals surface area contributed by atoms with Gasteiger partial charge in [-0.25, -0.2) is 34.2 Å². The summed E-state index contributed by atoms with van der Waals surface area (Å²) >= 11 is 0. The molecule has 35 heteroatoms. The number of allylic oxidation sites excluding steroid dienone is 6. The standard InChI is InChI=1S/C92H127N15O20/c1-56-14-10-9-11-15-57(2)75(118-7)48-68-22-17-61(6)92(117,127-68)84(113)87(114)106-27-13-12-16-71(106)88(115)124-76(49-72(108)58(3)43-60(5)82(111)83(112)81(110)59(4)42-56)69(93)45-62-19-23-74(77(46-62)119-8)126-91(116)98-52-64-50-96-90(97-51-64)104-31-29-103(30-32-104)33-35-121-37-39-123-41-40-122-38-36-120-34-26-78(109)105-28-25-65-44-63(18-20-67(65)54-105)53-107-86-79(85(94)99-55-100-86)80(102-107)66-21-24-73-70(47-66)101-89(95)125-73/h9-11,14-15,18,20-21,24,43-44,47,50-51,55-56,58-59,61-62,68-69,71,74-77,82-83,111-112,117H,12-13,16-17,19,22-23,25-42,45-46,48-49,52-54,93H2,1-8H3,(H2,95,101)(H,98,116)(H2,94,99,100)/b11-9?,14-10+,57-15?,60-43+/t56-,58-,59-,61-,62+,68+,69-,71+,74-,75+,76+,77-,82-,83+,92-/m1/s1. The van der Waals surface area contributed by atoms with Gasteiger partial charge in [0.15, 0.2) is 17.0 Å². The maximum Gasteiger partial charge on any atom is 0.407 e. The average molecular weight is 1760 g/mol. The molecule has 4 fully saturated rings. The quantitative estimate of drug-likeness (QED) is 0.0115. The number of nitrogen functional groups attached to an aromatic ring is 2. The molecule has 10 N–H and O–H groups in total. The highest BCUT2D eigenvalue weighted by Gasteiger charge is 2.53. The smallest absolute Gasteiger partial charge is 0.407 e. The summed E-state index contributed by atoms with van der Waals surface area (Å²) in [6, 6.07) is 9.67. The van der Waals surface area contributed by atoms with Crippen molar-refractivity contribution in [2.75, 3.05) is 129 Å². The third-order valence-corrected chi connectivity index (χ3v) is 25.3. The Morgan fingerprint density at radius 1 is 0.740 bits per heavy atom. The molecule has 2 bridgehead atoms. The van der Waals surface area contributed by atoms with Crippen molar-refractivity contribution in [1.82, 2.24) is 54.7 Å².